The molecule has 2 unspecified atom stereocenters. The van der Waals surface area contributed by atoms with Crippen molar-refractivity contribution in [1.82, 2.24) is 10.6 Å². The molecule has 0 spiro atoms. The summed E-state index contributed by atoms with van der Waals surface area (Å²) < 4.78 is 35.5. The Bertz CT molecular complexity index is 352. The van der Waals surface area contributed by atoms with E-state index in [1.54, 1.807) is 0 Å². The van der Waals surface area contributed by atoms with Crippen molar-refractivity contribution in [3.05, 3.63) is 0 Å². The van der Waals surface area contributed by atoms with Gasteiger partial charge in [0.1, 0.15) is 0 Å². The largest absolute Gasteiger partial charge is 0.481 e. The minimum Gasteiger partial charge on any atom is -0.481 e. The van der Waals surface area contributed by atoms with Crippen LogP contribution in [0.15, 0.2) is 0 Å². The maximum Gasteiger partial charge on any atom is 0.441 e. The number of aliphatic carboxylic acids is 1. The lowest BCUT2D eigenvalue weighted by atomic mass is 9.96. The first kappa shape index (κ1) is 16.9. The Kier molecular flexibility index (Phi) is 6.44. The van der Waals surface area contributed by atoms with Gasteiger partial charge in [-0.2, -0.15) is 13.2 Å². The van der Waals surface area contributed by atoms with E-state index >= 15 is 0 Å². The van der Waals surface area contributed by atoms with Gasteiger partial charge < -0.3 is 15.7 Å². The number of carbonyl (C=O) groups is 2. The fourth-order valence-electron chi connectivity index (χ4n) is 2.22. The van der Waals surface area contributed by atoms with E-state index in [0.29, 0.717) is 6.42 Å². The van der Waals surface area contributed by atoms with E-state index in [2.05, 4.69) is 10.6 Å². The first-order valence-corrected chi connectivity index (χ1v) is 7.23. The highest BCUT2D eigenvalue weighted by atomic mass is 32.2. The lowest BCUT2D eigenvalue weighted by molar-refractivity contribution is -0.142. The van der Waals surface area contributed by atoms with Crippen molar-refractivity contribution in [1.29, 1.82) is 0 Å². The van der Waals surface area contributed by atoms with Gasteiger partial charge in [0.2, 0.25) is 0 Å². The number of alkyl halides is 3. The molecule has 5 nitrogen and oxygen atoms in total. The Morgan fingerprint density at radius 2 is 1.95 bits per heavy atom. The van der Waals surface area contributed by atoms with Crippen LogP contribution in [0.25, 0.3) is 0 Å². The Labute approximate surface area is 118 Å². The average molecular weight is 314 g/mol. The molecule has 0 saturated heterocycles. The molecule has 1 aliphatic rings. The second-order valence-electron chi connectivity index (χ2n) is 4.57. The molecule has 0 radical (unpaired) electrons. The Morgan fingerprint density at radius 1 is 1.25 bits per heavy atom. The molecular weight excluding hydrogens is 297 g/mol. The van der Waals surface area contributed by atoms with Crippen LogP contribution in [0.4, 0.5) is 18.0 Å². The van der Waals surface area contributed by atoms with Crippen LogP contribution in [0.3, 0.4) is 0 Å². The van der Waals surface area contributed by atoms with Crippen molar-refractivity contribution in [2.24, 2.45) is 11.8 Å². The predicted molar refractivity (Wildman–Crippen MR) is 68.4 cm³/mol. The highest BCUT2D eigenvalue weighted by Gasteiger charge is 2.32. The number of thioether (sulfide) groups is 1. The summed E-state index contributed by atoms with van der Waals surface area (Å²) in [5.41, 5.74) is -4.29. The normalized spacial score (nSPS) is 22.6. The molecule has 0 aliphatic heterocycles. The molecule has 3 N–H and O–H groups in total. The lowest BCUT2D eigenvalue weighted by Crippen LogP contribution is -2.40. The van der Waals surface area contributed by atoms with E-state index in [0.717, 1.165) is 12.8 Å². The minimum absolute atomic E-state index is 0.0942. The standard InChI is InChI=1S/C11H17F3N2O3S/c12-11(13,14)20-5-4-15-10(19)16-6-7-2-1-3-8(7)9(17)18/h7-8H,1-6H2,(H,17,18)(H2,15,16,19). The van der Waals surface area contributed by atoms with Gasteiger partial charge in [-0.3, -0.25) is 4.79 Å². The fraction of sp³-hybridized carbons (Fsp3) is 0.818. The molecule has 9 heteroatoms. The van der Waals surface area contributed by atoms with E-state index in [4.69, 9.17) is 5.11 Å². The quantitative estimate of drug-likeness (QED) is 0.656. The van der Waals surface area contributed by atoms with Crippen LogP contribution >= 0.6 is 11.8 Å². The Balaban J connectivity index is 2.15. The van der Waals surface area contributed by atoms with Crippen LogP contribution in [-0.4, -0.2) is 41.5 Å². The summed E-state index contributed by atoms with van der Waals surface area (Å²) in [7, 11) is 0. The maximum atomic E-state index is 11.8. The molecule has 116 valence electrons. The molecular formula is C11H17F3N2O3S. The number of carboxylic acid groups (broad SMARTS) is 1. The Morgan fingerprint density at radius 3 is 2.55 bits per heavy atom. The molecule has 0 aromatic heterocycles. The topological polar surface area (TPSA) is 78.4 Å². The van der Waals surface area contributed by atoms with Crippen LogP contribution in [0.2, 0.25) is 0 Å². The van der Waals surface area contributed by atoms with Gasteiger partial charge in [-0.1, -0.05) is 6.42 Å². The Hall–Kier alpha value is -1.12. The van der Waals surface area contributed by atoms with Crippen LogP contribution in [0.5, 0.6) is 0 Å². The number of rotatable bonds is 6. The van der Waals surface area contributed by atoms with Gasteiger partial charge in [-0.05, 0) is 30.5 Å². The zero-order chi connectivity index (χ0) is 15.2. The van der Waals surface area contributed by atoms with E-state index in [9.17, 15) is 22.8 Å². The minimum atomic E-state index is -4.29. The van der Waals surface area contributed by atoms with Crippen LogP contribution in [0, 0.1) is 11.8 Å². The summed E-state index contributed by atoms with van der Waals surface area (Å²) in [5.74, 6) is -1.67. The van der Waals surface area contributed by atoms with Crippen molar-refractivity contribution < 1.29 is 27.9 Å². The van der Waals surface area contributed by atoms with Crippen molar-refractivity contribution in [3.8, 4) is 0 Å². The average Bonchev–Trinajstić information content (AvgIpc) is 2.79. The molecule has 1 saturated carbocycles. The SMILES string of the molecule is O=C(NCCSC(F)(F)F)NCC1CCCC1C(=O)O. The van der Waals surface area contributed by atoms with Gasteiger partial charge in [-0.25, -0.2) is 4.79 Å². The summed E-state index contributed by atoms with van der Waals surface area (Å²) in [5, 5.41) is 13.8. The monoisotopic (exact) mass is 314 g/mol. The molecule has 0 aromatic rings. The van der Waals surface area contributed by atoms with Crippen molar-refractivity contribution in [2.75, 3.05) is 18.8 Å². The van der Waals surface area contributed by atoms with Gasteiger partial charge in [0.15, 0.2) is 0 Å². The number of nitrogens with one attached hydrogen (secondary N) is 2. The number of carbonyl (C=O) groups excluding carboxylic acids is 1. The van der Waals surface area contributed by atoms with E-state index < -0.39 is 23.4 Å². The van der Waals surface area contributed by atoms with Gasteiger partial charge in [-0.15, -0.1) is 0 Å². The predicted octanol–water partition coefficient (Wildman–Crippen LogP) is 2.04. The van der Waals surface area contributed by atoms with Crippen LogP contribution in [-0.2, 0) is 4.79 Å². The van der Waals surface area contributed by atoms with Gasteiger partial charge in [0, 0.05) is 18.8 Å². The second kappa shape index (κ2) is 7.61. The van der Waals surface area contributed by atoms with Gasteiger partial charge in [0.05, 0.1) is 5.92 Å². The first-order valence-electron chi connectivity index (χ1n) is 6.25. The molecule has 1 rings (SSSR count). The number of amides is 2. The third-order valence-corrected chi connectivity index (χ3v) is 3.89. The van der Waals surface area contributed by atoms with Crippen LogP contribution < -0.4 is 10.6 Å². The smallest absolute Gasteiger partial charge is 0.441 e. The number of carboxylic acids is 1. The third kappa shape index (κ3) is 6.36. The molecule has 0 heterocycles. The molecule has 2 atom stereocenters. The molecule has 20 heavy (non-hydrogen) atoms. The summed E-state index contributed by atoms with van der Waals surface area (Å²) in [6.45, 7) is 0.137. The fourth-order valence-corrected chi connectivity index (χ4v) is 2.66. The third-order valence-electron chi connectivity index (χ3n) is 3.15. The van der Waals surface area contributed by atoms with Gasteiger partial charge in [0.25, 0.3) is 0 Å². The molecule has 0 aromatic carbocycles. The summed E-state index contributed by atoms with van der Waals surface area (Å²) in [6, 6.07) is -0.566. The molecule has 1 aliphatic carbocycles. The first-order chi connectivity index (χ1) is 9.29. The zero-order valence-electron chi connectivity index (χ0n) is 10.7. The highest BCUT2D eigenvalue weighted by molar-refractivity contribution is 8.00. The van der Waals surface area contributed by atoms with E-state index in [-0.39, 0.29) is 36.5 Å². The summed E-state index contributed by atoms with van der Waals surface area (Å²) in [4.78, 5) is 22.3. The maximum absolute atomic E-state index is 11.8. The summed E-state index contributed by atoms with van der Waals surface area (Å²) in [6.07, 6.45) is 2.15. The van der Waals surface area contributed by atoms with Gasteiger partial charge >= 0.3 is 17.5 Å². The van der Waals surface area contributed by atoms with Crippen molar-refractivity contribution in [2.45, 2.75) is 24.8 Å². The molecule has 0 bridgehead atoms. The number of urea groups is 1. The highest BCUT2D eigenvalue weighted by Crippen LogP contribution is 2.31. The molecule has 2 amide bonds. The van der Waals surface area contributed by atoms with E-state index in [1.165, 1.54) is 0 Å². The summed E-state index contributed by atoms with van der Waals surface area (Å²) >= 11 is -0.197. The number of hydrogen-bond donors (Lipinski definition) is 3. The number of hydrogen-bond acceptors (Lipinski definition) is 3. The van der Waals surface area contributed by atoms with Crippen molar-refractivity contribution >= 4 is 23.8 Å². The van der Waals surface area contributed by atoms with Crippen molar-refractivity contribution in [3.63, 3.8) is 0 Å². The lowest BCUT2D eigenvalue weighted by Gasteiger charge is -2.16. The van der Waals surface area contributed by atoms with Crippen LogP contribution in [0.1, 0.15) is 19.3 Å². The number of halogens is 3. The second-order valence-corrected chi connectivity index (χ2v) is 5.73. The molecule has 1 fully saturated rings. The zero-order valence-corrected chi connectivity index (χ0v) is 11.5. The van der Waals surface area contributed by atoms with E-state index in [1.807, 2.05) is 0 Å².